The van der Waals surface area contributed by atoms with Gasteiger partial charge >= 0.3 is 0 Å². The van der Waals surface area contributed by atoms with Gasteiger partial charge in [0.05, 0.1) is 6.04 Å². The number of para-hydroxylation sites is 3. The number of hydrogen-bond acceptors (Lipinski definition) is 2. The molecule has 4 heteroatoms. The van der Waals surface area contributed by atoms with E-state index in [1.165, 1.54) is 5.56 Å². The largest absolute Gasteiger partial charge is 0.378 e. The molecule has 0 aromatic heterocycles. The highest BCUT2D eigenvalue weighted by Crippen LogP contribution is 2.39. The van der Waals surface area contributed by atoms with Gasteiger partial charge in [-0.1, -0.05) is 54.6 Å². The average molecular weight is 374 g/mol. The molecule has 3 aromatic carbocycles. The molecule has 2 atom stereocenters. The van der Waals surface area contributed by atoms with Crippen LogP contribution in [-0.4, -0.2) is 11.2 Å². The van der Waals surface area contributed by atoms with E-state index in [9.17, 15) is 0 Å². The molecule has 136 valence electrons. The summed E-state index contributed by atoms with van der Waals surface area (Å²) in [5, 5.41) is 7.81. The van der Waals surface area contributed by atoms with E-state index in [1.54, 1.807) is 0 Å². The van der Waals surface area contributed by atoms with Gasteiger partial charge in [-0.15, -0.1) is 0 Å². The van der Waals surface area contributed by atoms with Crippen molar-refractivity contribution in [1.29, 1.82) is 0 Å². The fourth-order valence-electron chi connectivity index (χ4n) is 3.70. The summed E-state index contributed by atoms with van der Waals surface area (Å²) in [7, 11) is 0. The molecule has 1 aliphatic heterocycles. The Morgan fingerprint density at radius 2 is 1.44 bits per heavy atom. The van der Waals surface area contributed by atoms with Crippen molar-refractivity contribution < 1.29 is 0 Å². The van der Waals surface area contributed by atoms with Gasteiger partial charge in [0.25, 0.3) is 0 Å². The first-order valence-electron chi connectivity index (χ1n) is 9.28. The van der Waals surface area contributed by atoms with Crippen LogP contribution in [0.25, 0.3) is 0 Å². The zero-order valence-electron chi connectivity index (χ0n) is 15.3. The summed E-state index contributed by atoms with van der Waals surface area (Å²) in [5.41, 5.74) is 4.59. The Morgan fingerprint density at radius 1 is 0.852 bits per heavy atom. The Balaban J connectivity index is 1.62. The molecule has 0 radical (unpaired) electrons. The van der Waals surface area contributed by atoms with E-state index in [1.807, 2.05) is 36.4 Å². The SMILES string of the molecule is CC1CC(Nc2ccccc2)c2ccccc2N1C(=S)Nc1ccccc1. The standard InChI is InChI=1S/C23H23N3S/c1-17-16-21(24-18-10-4-2-5-11-18)20-14-8-9-15-22(20)26(17)23(27)25-19-12-6-3-7-13-19/h2-15,17,21,24H,16H2,1H3,(H,25,27). The minimum Gasteiger partial charge on any atom is -0.378 e. The van der Waals surface area contributed by atoms with Crippen LogP contribution in [0.1, 0.15) is 24.9 Å². The predicted octanol–water partition coefficient (Wildman–Crippen LogP) is 5.84. The third-order valence-electron chi connectivity index (χ3n) is 4.95. The van der Waals surface area contributed by atoms with Crippen LogP contribution < -0.4 is 15.5 Å². The molecule has 1 heterocycles. The van der Waals surface area contributed by atoms with E-state index in [4.69, 9.17) is 12.2 Å². The Kier molecular flexibility index (Phi) is 5.07. The van der Waals surface area contributed by atoms with Crippen molar-refractivity contribution in [2.75, 3.05) is 15.5 Å². The van der Waals surface area contributed by atoms with Crippen LogP contribution in [0.15, 0.2) is 84.9 Å². The van der Waals surface area contributed by atoms with Gasteiger partial charge in [0, 0.05) is 23.1 Å². The molecule has 4 rings (SSSR count). The number of benzene rings is 3. The molecule has 2 unspecified atom stereocenters. The molecule has 0 fully saturated rings. The second-order valence-electron chi connectivity index (χ2n) is 6.87. The Labute approximate surface area is 166 Å². The summed E-state index contributed by atoms with van der Waals surface area (Å²) >= 11 is 5.77. The maximum atomic E-state index is 5.77. The monoisotopic (exact) mass is 373 g/mol. The van der Waals surface area contributed by atoms with Gasteiger partial charge in [0.2, 0.25) is 0 Å². The molecule has 1 aliphatic rings. The molecular weight excluding hydrogens is 350 g/mol. The average Bonchev–Trinajstić information content (AvgIpc) is 2.69. The molecule has 0 amide bonds. The third kappa shape index (κ3) is 3.81. The highest BCUT2D eigenvalue weighted by Gasteiger charge is 2.32. The number of anilines is 3. The fraction of sp³-hybridized carbons (Fsp3) is 0.174. The molecule has 3 nitrogen and oxygen atoms in total. The number of nitrogens with one attached hydrogen (secondary N) is 2. The predicted molar refractivity (Wildman–Crippen MR) is 118 cm³/mol. The summed E-state index contributed by atoms with van der Waals surface area (Å²) in [5.74, 6) is 0. The lowest BCUT2D eigenvalue weighted by Crippen LogP contribution is -2.46. The minimum atomic E-state index is 0.259. The molecule has 0 bridgehead atoms. The first kappa shape index (κ1) is 17.6. The van der Waals surface area contributed by atoms with Gasteiger partial charge in [-0.2, -0.15) is 0 Å². The van der Waals surface area contributed by atoms with Crippen LogP contribution >= 0.6 is 12.2 Å². The molecule has 0 spiro atoms. The van der Waals surface area contributed by atoms with E-state index in [0.717, 1.165) is 28.6 Å². The number of nitrogens with zero attached hydrogens (tertiary/aromatic N) is 1. The van der Waals surface area contributed by atoms with Crippen LogP contribution in [0, 0.1) is 0 Å². The van der Waals surface area contributed by atoms with E-state index in [-0.39, 0.29) is 12.1 Å². The van der Waals surface area contributed by atoms with E-state index in [0.29, 0.717) is 0 Å². The van der Waals surface area contributed by atoms with Gasteiger partial charge in [-0.25, -0.2) is 0 Å². The highest BCUT2D eigenvalue weighted by molar-refractivity contribution is 7.80. The topological polar surface area (TPSA) is 27.3 Å². The number of thiocarbonyl (C=S) groups is 1. The lowest BCUT2D eigenvalue weighted by molar-refractivity contribution is 0.563. The smallest absolute Gasteiger partial charge is 0.178 e. The Morgan fingerprint density at radius 3 is 2.15 bits per heavy atom. The first-order valence-corrected chi connectivity index (χ1v) is 9.69. The van der Waals surface area contributed by atoms with Crippen LogP contribution in [0.5, 0.6) is 0 Å². The van der Waals surface area contributed by atoms with Crippen LogP contribution in [0.2, 0.25) is 0 Å². The zero-order chi connectivity index (χ0) is 18.6. The van der Waals surface area contributed by atoms with Crippen molar-refractivity contribution >= 4 is 34.4 Å². The number of fused-ring (bicyclic) bond motifs is 1. The second kappa shape index (κ2) is 7.80. The summed E-state index contributed by atoms with van der Waals surface area (Å²) in [6.07, 6.45) is 0.975. The molecule has 0 saturated carbocycles. The normalized spacial score (nSPS) is 18.5. The van der Waals surface area contributed by atoms with Gasteiger partial charge in [0.1, 0.15) is 0 Å². The summed E-state index contributed by atoms with van der Waals surface area (Å²) in [6.45, 7) is 2.23. The molecule has 0 aliphatic carbocycles. The molecule has 0 saturated heterocycles. The van der Waals surface area contributed by atoms with Crippen molar-refractivity contribution in [3.8, 4) is 0 Å². The summed E-state index contributed by atoms with van der Waals surface area (Å²) < 4.78 is 0. The number of hydrogen-bond donors (Lipinski definition) is 2. The van der Waals surface area contributed by atoms with Crippen molar-refractivity contribution in [3.63, 3.8) is 0 Å². The van der Waals surface area contributed by atoms with Gasteiger partial charge in [-0.3, -0.25) is 0 Å². The molecule has 27 heavy (non-hydrogen) atoms. The second-order valence-corrected chi connectivity index (χ2v) is 7.26. The van der Waals surface area contributed by atoms with E-state index in [2.05, 4.69) is 71.0 Å². The quantitative estimate of drug-likeness (QED) is 0.564. The van der Waals surface area contributed by atoms with Crippen molar-refractivity contribution in [3.05, 3.63) is 90.5 Å². The summed E-state index contributed by atoms with van der Waals surface area (Å²) in [4.78, 5) is 2.24. The van der Waals surface area contributed by atoms with E-state index < -0.39 is 0 Å². The summed E-state index contributed by atoms with van der Waals surface area (Å²) in [6, 6.07) is 29.6. The minimum absolute atomic E-state index is 0.259. The third-order valence-corrected chi connectivity index (χ3v) is 5.25. The van der Waals surface area contributed by atoms with Gasteiger partial charge in [0.15, 0.2) is 5.11 Å². The molecule has 2 N–H and O–H groups in total. The fourth-order valence-corrected chi connectivity index (χ4v) is 4.10. The maximum Gasteiger partial charge on any atom is 0.178 e. The Bertz CT molecular complexity index is 911. The molecular formula is C23H23N3S. The van der Waals surface area contributed by atoms with Crippen LogP contribution in [0.3, 0.4) is 0 Å². The Hall–Kier alpha value is -2.85. The first-order chi connectivity index (χ1) is 13.2. The van der Waals surface area contributed by atoms with Gasteiger partial charge < -0.3 is 15.5 Å². The zero-order valence-corrected chi connectivity index (χ0v) is 16.1. The number of rotatable bonds is 3. The van der Waals surface area contributed by atoms with Crippen LogP contribution in [0.4, 0.5) is 17.1 Å². The van der Waals surface area contributed by atoms with E-state index >= 15 is 0 Å². The van der Waals surface area contributed by atoms with Crippen LogP contribution in [-0.2, 0) is 0 Å². The van der Waals surface area contributed by atoms with Crippen molar-refractivity contribution in [2.45, 2.75) is 25.4 Å². The highest BCUT2D eigenvalue weighted by atomic mass is 32.1. The lowest BCUT2D eigenvalue weighted by atomic mass is 9.91. The van der Waals surface area contributed by atoms with Gasteiger partial charge in [-0.05, 0) is 61.5 Å². The lowest BCUT2D eigenvalue weighted by Gasteiger charge is -2.41. The van der Waals surface area contributed by atoms with Crippen molar-refractivity contribution in [1.82, 2.24) is 0 Å². The van der Waals surface area contributed by atoms with Crippen molar-refractivity contribution in [2.24, 2.45) is 0 Å². The molecule has 3 aromatic rings. The maximum absolute atomic E-state index is 5.77.